The lowest BCUT2D eigenvalue weighted by atomic mass is 9.91. The Morgan fingerprint density at radius 1 is 1.12 bits per heavy atom. The van der Waals surface area contributed by atoms with Crippen molar-refractivity contribution in [2.45, 2.75) is 5.60 Å². The highest BCUT2D eigenvalue weighted by Crippen LogP contribution is 2.48. The molecule has 5 nitrogen and oxygen atoms in total. The average molecular weight is 399 g/mol. The van der Waals surface area contributed by atoms with Crippen LogP contribution in [-0.4, -0.2) is 49.2 Å². The van der Waals surface area contributed by atoms with E-state index < -0.39 is 21.6 Å². The lowest BCUT2D eigenvalue weighted by Crippen LogP contribution is -2.36. The molecule has 1 aliphatic rings. The molecule has 1 N–H and O–H groups in total. The summed E-state index contributed by atoms with van der Waals surface area (Å²) in [7, 11) is 2.53. The molecule has 1 atom stereocenters. The summed E-state index contributed by atoms with van der Waals surface area (Å²) in [6, 6.07) is 12.4. The van der Waals surface area contributed by atoms with Crippen LogP contribution < -0.4 is 0 Å². The van der Waals surface area contributed by atoms with Gasteiger partial charge in [-0.2, -0.15) is 0 Å². The van der Waals surface area contributed by atoms with Crippen molar-refractivity contribution >= 4 is 48.5 Å². The van der Waals surface area contributed by atoms with Crippen molar-refractivity contribution in [2.75, 3.05) is 7.11 Å². The Balaban J connectivity index is 0.000000368. The highest BCUT2D eigenvalue weighted by molar-refractivity contribution is 6.33. The van der Waals surface area contributed by atoms with Gasteiger partial charge in [-0.3, -0.25) is 0 Å². The zero-order valence-electron chi connectivity index (χ0n) is 13.7. The number of benzene rings is 2. The Bertz CT molecular complexity index is 741. The number of rotatable bonds is 3. The van der Waals surface area contributed by atoms with Gasteiger partial charge in [0.2, 0.25) is 5.60 Å². The third-order valence-corrected chi connectivity index (χ3v) is 5.82. The summed E-state index contributed by atoms with van der Waals surface area (Å²) in [5.74, 6) is -0.707. The normalized spacial score (nSPS) is 18.1. The minimum atomic E-state index is -1.79. The number of methoxy groups -OCH3 is 1. The second-order valence-corrected chi connectivity index (χ2v) is 10.4. The molecule has 0 saturated heterocycles. The van der Waals surface area contributed by atoms with Crippen LogP contribution in [0.5, 0.6) is 0 Å². The fourth-order valence-corrected chi connectivity index (χ4v) is 5.95. The molecule has 128 valence electrons. The maximum atomic E-state index is 12.1. The Morgan fingerprint density at radius 3 is 2.33 bits per heavy atom. The molecular formula is C15H19ClO5Si3. The molecule has 0 fully saturated rings. The fourth-order valence-electron chi connectivity index (χ4n) is 2.71. The number of hydrogen-bond acceptors (Lipinski definition) is 5. The second-order valence-electron chi connectivity index (χ2n) is 5.13. The van der Waals surface area contributed by atoms with Gasteiger partial charge in [0.05, 0.1) is 7.11 Å². The van der Waals surface area contributed by atoms with Crippen molar-refractivity contribution in [2.24, 2.45) is 0 Å². The predicted octanol–water partition coefficient (Wildman–Crippen LogP) is -0.692. The summed E-state index contributed by atoms with van der Waals surface area (Å²) in [6.07, 6.45) is 0. The summed E-state index contributed by atoms with van der Waals surface area (Å²) in [5.41, 5.74) is 0.827. The fraction of sp³-hybridized carbons (Fsp3) is 0.133. The number of ether oxygens (including phenoxy) is 1. The van der Waals surface area contributed by atoms with Gasteiger partial charge in [-0.15, -0.1) is 0 Å². The van der Waals surface area contributed by atoms with Gasteiger partial charge >= 0.3 is 5.97 Å². The number of carbonyl (C=O) groups is 1. The van der Waals surface area contributed by atoms with E-state index in [1.807, 2.05) is 12.1 Å². The first-order valence-corrected chi connectivity index (χ1v) is 10.4. The Hall–Kier alpha value is -1.27. The molecule has 24 heavy (non-hydrogen) atoms. The molecule has 1 aliphatic carbocycles. The van der Waals surface area contributed by atoms with Gasteiger partial charge in [0, 0.05) is 16.1 Å². The van der Waals surface area contributed by atoms with Crippen molar-refractivity contribution < 1.29 is 22.9 Å². The Kier molecular flexibility index (Phi) is 6.52. The van der Waals surface area contributed by atoms with Crippen LogP contribution >= 0.6 is 11.6 Å². The van der Waals surface area contributed by atoms with Crippen LogP contribution in [0, 0.1) is 0 Å². The summed E-state index contributed by atoms with van der Waals surface area (Å²) in [6.45, 7) is 0. The summed E-state index contributed by atoms with van der Waals surface area (Å²) in [5, 5.41) is 11.3. The third-order valence-electron chi connectivity index (χ3n) is 3.69. The van der Waals surface area contributed by atoms with Crippen molar-refractivity contribution in [3.8, 4) is 11.1 Å². The van der Waals surface area contributed by atoms with E-state index in [0.717, 1.165) is 32.1 Å². The molecule has 9 heteroatoms. The van der Waals surface area contributed by atoms with Gasteiger partial charge in [-0.05, 0) is 23.3 Å². The van der Waals surface area contributed by atoms with Crippen LogP contribution in [0.4, 0.5) is 0 Å². The standard InChI is InChI=1S/C15H11ClO3.H8O2Si3/c1-19-14(17)15(18)12-5-3-2-4-10(12)11-7-6-9(16)8-13(11)15;3-1-5-2-4/h2-8,18H,1H3;5H2,3-4H3. The number of aliphatic hydroxyl groups is 1. The third kappa shape index (κ3) is 3.40. The number of fused-ring (bicyclic) bond motifs is 3. The molecule has 2 aromatic carbocycles. The quantitative estimate of drug-likeness (QED) is 0.547. The molecule has 0 bridgehead atoms. The lowest BCUT2D eigenvalue weighted by Gasteiger charge is -2.22. The van der Waals surface area contributed by atoms with Crippen LogP contribution in [0.3, 0.4) is 0 Å². The average Bonchev–Trinajstić information content (AvgIpc) is 2.86. The van der Waals surface area contributed by atoms with Crippen LogP contribution in [-0.2, 0) is 23.4 Å². The molecule has 2 aromatic rings. The van der Waals surface area contributed by atoms with Crippen molar-refractivity contribution in [1.82, 2.24) is 0 Å². The first-order chi connectivity index (χ1) is 11.5. The summed E-state index contributed by atoms with van der Waals surface area (Å²) in [4.78, 5) is 12.1. The first-order valence-electron chi connectivity index (χ1n) is 7.19. The Labute approximate surface area is 154 Å². The topological polar surface area (TPSA) is 65.0 Å². The lowest BCUT2D eigenvalue weighted by molar-refractivity contribution is -0.158. The van der Waals surface area contributed by atoms with Crippen molar-refractivity contribution in [3.05, 3.63) is 58.6 Å². The van der Waals surface area contributed by atoms with Gasteiger partial charge in [-0.1, -0.05) is 41.9 Å². The largest absolute Gasteiger partial charge is 0.466 e. The van der Waals surface area contributed by atoms with E-state index >= 15 is 0 Å². The SMILES string of the molecule is COC(=O)C1(O)c2ccccc2-c2ccc(Cl)cc21.[SiH3]O[SiH2]O[SiH3]. The number of esters is 1. The van der Waals surface area contributed by atoms with Crippen molar-refractivity contribution in [3.63, 3.8) is 0 Å². The van der Waals surface area contributed by atoms with Gasteiger partial charge in [0.1, 0.15) is 21.0 Å². The molecule has 0 radical (unpaired) electrons. The smallest absolute Gasteiger partial charge is 0.347 e. The van der Waals surface area contributed by atoms with Crippen molar-refractivity contribution in [1.29, 1.82) is 0 Å². The van der Waals surface area contributed by atoms with Gasteiger partial charge in [-0.25, -0.2) is 4.79 Å². The monoisotopic (exact) mass is 398 g/mol. The number of hydrogen-bond donors (Lipinski definition) is 1. The molecule has 0 amide bonds. The highest BCUT2D eigenvalue weighted by atomic mass is 35.5. The predicted molar refractivity (Wildman–Crippen MR) is 102 cm³/mol. The molecular weight excluding hydrogens is 380 g/mol. The molecule has 0 aliphatic heterocycles. The van der Waals surface area contributed by atoms with Crippen LogP contribution in [0.1, 0.15) is 11.1 Å². The van der Waals surface area contributed by atoms with Crippen LogP contribution in [0.25, 0.3) is 11.1 Å². The first kappa shape index (κ1) is 19.1. The maximum Gasteiger partial charge on any atom is 0.347 e. The van der Waals surface area contributed by atoms with Gasteiger partial charge in [0.15, 0.2) is 0 Å². The van der Waals surface area contributed by atoms with E-state index in [9.17, 15) is 9.90 Å². The summed E-state index contributed by atoms with van der Waals surface area (Å²) < 4.78 is 14.3. The van der Waals surface area contributed by atoms with E-state index in [2.05, 4.69) is 0 Å². The molecule has 1 unspecified atom stereocenters. The molecule has 0 saturated carbocycles. The van der Waals surface area contributed by atoms with Crippen LogP contribution in [0.15, 0.2) is 42.5 Å². The van der Waals surface area contributed by atoms with E-state index in [4.69, 9.17) is 24.6 Å². The minimum Gasteiger partial charge on any atom is -0.466 e. The van der Waals surface area contributed by atoms with Gasteiger partial charge < -0.3 is 18.1 Å². The van der Waals surface area contributed by atoms with Crippen LogP contribution in [0.2, 0.25) is 5.02 Å². The van der Waals surface area contributed by atoms with E-state index in [-0.39, 0.29) is 0 Å². The van der Waals surface area contributed by atoms with Gasteiger partial charge in [0.25, 0.3) is 10.0 Å². The van der Waals surface area contributed by atoms with E-state index in [1.165, 1.54) is 7.11 Å². The zero-order chi connectivity index (χ0) is 17.7. The number of carbonyl (C=O) groups excluding carboxylic acids is 1. The summed E-state index contributed by atoms with van der Waals surface area (Å²) >= 11 is 5.98. The minimum absolute atomic E-state index is 0.444. The van der Waals surface area contributed by atoms with E-state index in [0.29, 0.717) is 16.1 Å². The Morgan fingerprint density at radius 2 is 1.75 bits per heavy atom. The number of halogens is 1. The zero-order valence-corrected chi connectivity index (χ0v) is 19.9. The molecule has 0 heterocycles. The van der Waals surface area contributed by atoms with E-state index in [1.54, 1.807) is 30.3 Å². The molecule has 0 spiro atoms. The molecule has 3 rings (SSSR count). The highest BCUT2D eigenvalue weighted by Gasteiger charge is 2.48. The second kappa shape index (κ2) is 8.21. The molecule has 0 aromatic heterocycles. The maximum absolute atomic E-state index is 12.1.